The van der Waals surface area contributed by atoms with Crippen molar-refractivity contribution in [3.8, 4) is 0 Å². The monoisotopic (exact) mass is 359 g/mol. The van der Waals surface area contributed by atoms with Gasteiger partial charge in [0.25, 0.3) is 5.91 Å². The van der Waals surface area contributed by atoms with E-state index in [0.717, 1.165) is 12.8 Å². The van der Waals surface area contributed by atoms with Gasteiger partial charge in [-0.1, -0.05) is 37.0 Å². The molecule has 0 aromatic carbocycles. The van der Waals surface area contributed by atoms with E-state index in [9.17, 15) is 9.18 Å². The molecule has 0 bridgehead atoms. The molecule has 4 rings (SSSR count). The van der Waals surface area contributed by atoms with Gasteiger partial charge in [0.2, 0.25) is 0 Å². The third kappa shape index (κ3) is 3.01. The predicted molar refractivity (Wildman–Crippen MR) is 100 cm³/mol. The van der Waals surface area contributed by atoms with E-state index in [1.807, 2.05) is 0 Å². The van der Waals surface area contributed by atoms with Crippen molar-refractivity contribution >= 4 is 25.0 Å². The number of fused-ring (bicyclic) bond motifs is 1. The number of pyridine rings is 1. The summed E-state index contributed by atoms with van der Waals surface area (Å²) < 4.78 is 14.2. The van der Waals surface area contributed by atoms with Gasteiger partial charge < -0.3 is 10.3 Å². The second-order valence-electron chi connectivity index (χ2n) is 8.05. The fraction of sp³-hybridized carbons (Fsp3) is 0.579. The normalized spacial score (nSPS) is 20.4. The first-order chi connectivity index (χ1) is 12.0. The van der Waals surface area contributed by atoms with Gasteiger partial charge in [-0.2, -0.15) is 0 Å². The van der Waals surface area contributed by atoms with E-state index in [4.69, 9.17) is 0 Å². The Kier molecular flexibility index (Phi) is 4.18. The van der Waals surface area contributed by atoms with Crippen LogP contribution in [0.4, 0.5) is 4.39 Å². The van der Waals surface area contributed by atoms with Gasteiger partial charge in [-0.05, 0) is 38.3 Å². The number of aryl methyl sites for hydroxylation is 2. The van der Waals surface area contributed by atoms with Crippen LogP contribution in [0.1, 0.15) is 47.4 Å². The topological polar surface area (TPSA) is 57.8 Å². The smallest absolute Gasteiger partial charge is 0.268 e. The summed E-state index contributed by atoms with van der Waals surface area (Å²) in [5.41, 5.74) is 2.17. The van der Waals surface area contributed by atoms with Gasteiger partial charge in [-0.15, -0.1) is 0 Å². The Morgan fingerprint density at radius 2 is 1.92 bits per heavy atom. The number of nitrogens with zero attached hydrogens (tertiary/aromatic N) is 1. The summed E-state index contributed by atoms with van der Waals surface area (Å²) in [6, 6.07) is 7.39. The molecule has 0 radical (unpaired) electrons. The van der Waals surface area contributed by atoms with Crippen LogP contribution in [0.5, 0.6) is 0 Å². The number of aromatic amines is 1. The summed E-state index contributed by atoms with van der Waals surface area (Å²) >= 11 is 0. The lowest BCUT2D eigenvalue weighted by molar-refractivity contribution is 0.0929. The fourth-order valence-corrected chi connectivity index (χ4v) is 10.3. The van der Waals surface area contributed by atoms with Gasteiger partial charge in [-0.3, -0.25) is 4.79 Å². The molecule has 4 nitrogen and oxygen atoms in total. The predicted octanol–water partition coefficient (Wildman–Crippen LogP) is 4.45. The molecule has 2 saturated heterocycles. The summed E-state index contributed by atoms with van der Waals surface area (Å²) in [6.07, 6.45) is 5.08. The largest absolute Gasteiger partial charge is 0.348 e. The average molecular weight is 360 g/mol. The summed E-state index contributed by atoms with van der Waals surface area (Å²) in [5, 5.41) is 3.61. The van der Waals surface area contributed by atoms with E-state index in [1.165, 1.54) is 43.1 Å². The Hall–Kier alpha value is -1.69. The highest BCUT2D eigenvalue weighted by Crippen LogP contribution is 2.42. The Morgan fingerprint density at radius 3 is 2.60 bits per heavy atom. The van der Waals surface area contributed by atoms with Crippen LogP contribution in [0.3, 0.4) is 0 Å². The lowest BCUT2D eigenvalue weighted by atomic mass is 10.1. The van der Waals surface area contributed by atoms with Crippen LogP contribution in [0.2, 0.25) is 24.2 Å². The third-order valence-electron chi connectivity index (χ3n) is 6.37. The molecule has 2 N–H and O–H groups in total. The minimum absolute atomic E-state index is 0.124. The van der Waals surface area contributed by atoms with E-state index in [0.29, 0.717) is 28.0 Å². The summed E-state index contributed by atoms with van der Waals surface area (Å²) in [7, 11) is -0.961. The summed E-state index contributed by atoms with van der Waals surface area (Å²) in [4.78, 5) is 20.1. The van der Waals surface area contributed by atoms with E-state index in [-0.39, 0.29) is 17.8 Å². The maximum Gasteiger partial charge on any atom is 0.268 e. The maximum absolute atomic E-state index is 14.2. The lowest BCUT2D eigenvalue weighted by Gasteiger charge is -2.35. The van der Waals surface area contributed by atoms with Crippen molar-refractivity contribution in [2.24, 2.45) is 0 Å². The van der Waals surface area contributed by atoms with E-state index >= 15 is 0 Å². The van der Waals surface area contributed by atoms with E-state index < -0.39 is 8.07 Å². The first kappa shape index (κ1) is 16.8. The zero-order chi connectivity index (χ0) is 17.6. The van der Waals surface area contributed by atoms with Gasteiger partial charge in [-0.25, -0.2) is 9.37 Å². The highest BCUT2D eigenvalue weighted by atomic mass is 28.3. The summed E-state index contributed by atoms with van der Waals surface area (Å²) in [5.74, 6) is -0.441. The molecule has 1 spiro atoms. The number of halogens is 1. The van der Waals surface area contributed by atoms with Crippen molar-refractivity contribution in [1.29, 1.82) is 0 Å². The Morgan fingerprint density at radius 1 is 1.24 bits per heavy atom. The molecule has 25 heavy (non-hydrogen) atoms. The van der Waals surface area contributed by atoms with Crippen molar-refractivity contribution in [2.45, 2.75) is 69.7 Å². The first-order valence-electron chi connectivity index (χ1n) is 9.44. The number of amides is 1. The fourth-order valence-electron chi connectivity index (χ4n) is 4.90. The third-order valence-corrected chi connectivity index (χ3v) is 11.9. The van der Waals surface area contributed by atoms with Crippen LogP contribution in [-0.2, 0) is 0 Å². The van der Waals surface area contributed by atoms with Crippen LogP contribution >= 0.6 is 0 Å². The Labute approximate surface area is 148 Å². The van der Waals surface area contributed by atoms with Crippen molar-refractivity contribution < 1.29 is 9.18 Å². The Bertz CT molecular complexity index is 816. The SMILES string of the molecule is Cc1cc(F)c2c(C)c(C(=O)NC3CC[Si]4(CCCC4)CC3)[nH]c2n1. The Balaban J connectivity index is 1.49. The molecule has 1 amide bonds. The first-order valence-corrected chi connectivity index (χ1v) is 12.3. The lowest BCUT2D eigenvalue weighted by Crippen LogP contribution is -2.44. The molecule has 2 aromatic rings. The number of H-pyrrole nitrogens is 1. The van der Waals surface area contributed by atoms with Crippen LogP contribution in [0.15, 0.2) is 6.07 Å². The minimum atomic E-state index is -0.961. The molecule has 2 fully saturated rings. The van der Waals surface area contributed by atoms with Crippen molar-refractivity contribution in [3.63, 3.8) is 0 Å². The van der Waals surface area contributed by atoms with Gasteiger partial charge in [0.1, 0.15) is 17.2 Å². The zero-order valence-electron chi connectivity index (χ0n) is 15.0. The number of hydrogen-bond acceptors (Lipinski definition) is 2. The van der Waals surface area contributed by atoms with Gasteiger partial charge in [0, 0.05) is 11.7 Å². The molecule has 0 atom stereocenters. The molecule has 2 aliphatic heterocycles. The number of nitrogens with one attached hydrogen (secondary N) is 2. The van der Waals surface area contributed by atoms with Crippen molar-refractivity contribution in [1.82, 2.24) is 15.3 Å². The van der Waals surface area contributed by atoms with Gasteiger partial charge in [0.15, 0.2) is 0 Å². The number of hydrogen-bond donors (Lipinski definition) is 2. The molecular formula is C19H26FN3OSi. The standard InChI is InChI=1S/C19H26FN3OSi/c1-12-11-15(20)16-13(2)17(23-18(16)21-12)19(24)22-14-5-9-25(10-6-14)7-3-4-8-25/h11,14H,3-10H2,1-2H3,(H,21,23)(H,22,24). The number of aromatic nitrogens is 2. The van der Waals surface area contributed by atoms with E-state index in [1.54, 1.807) is 13.8 Å². The molecule has 0 unspecified atom stereocenters. The molecule has 0 saturated carbocycles. The highest BCUT2D eigenvalue weighted by molar-refractivity contribution is 6.80. The van der Waals surface area contributed by atoms with Crippen molar-refractivity contribution in [2.75, 3.05) is 0 Å². The second kappa shape index (κ2) is 6.23. The maximum atomic E-state index is 14.2. The number of carbonyl (C=O) groups is 1. The molecule has 2 aliphatic rings. The minimum Gasteiger partial charge on any atom is -0.348 e. The number of carbonyl (C=O) groups excluding carboxylic acids is 1. The van der Waals surface area contributed by atoms with Crippen molar-refractivity contribution in [3.05, 3.63) is 28.8 Å². The number of rotatable bonds is 2. The van der Waals surface area contributed by atoms with Crippen LogP contribution < -0.4 is 5.32 Å². The van der Waals surface area contributed by atoms with Crippen LogP contribution in [0, 0.1) is 19.7 Å². The zero-order valence-corrected chi connectivity index (χ0v) is 16.0. The second-order valence-corrected chi connectivity index (χ2v) is 13.0. The molecular weight excluding hydrogens is 333 g/mol. The molecule has 6 heteroatoms. The summed E-state index contributed by atoms with van der Waals surface area (Å²) in [6.45, 7) is 3.54. The van der Waals surface area contributed by atoms with Crippen LogP contribution in [0.25, 0.3) is 11.0 Å². The van der Waals surface area contributed by atoms with E-state index in [2.05, 4.69) is 15.3 Å². The average Bonchev–Trinajstić information content (AvgIpc) is 3.15. The molecule has 2 aromatic heterocycles. The highest BCUT2D eigenvalue weighted by Gasteiger charge is 2.39. The molecule has 4 heterocycles. The molecule has 134 valence electrons. The van der Waals surface area contributed by atoms with Crippen LogP contribution in [-0.4, -0.2) is 30.0 Å². The van der Waals surface area contributed by atoms with Gasteiger partial charge >= 0.3 is 0 Å². The van der Waals surface area contributed by atoms with Gasteiger partial charge in [0.05, 0.1) is 13.5 Å². The quantitative estimate of drug-likeness (QED) is 0.778. The molecule has 0 aliphatic carbocycles.